The van der Waals surface area contributed by atoms with Crippen LogP contribution in [0.1, 0.15) is 0 Å². The van der Waals surface area contributed by atoms with Gasteiger partial charge in [-0.25, -0.2) is 24.3 Å². The molecule has 0 aliphatic heterocycles. The molecule has 0 aromatic heterocycles. The summed E-state index contributed by atoms with van der Waals surface area (Å²) in [6.45, 7) is 0. The summed E-state index contributed by atoms with van der Waals surface area (Å²) in [6, 6.07) is 20.0. The van der Waals surface area contributed by atoms with E-state index in [1.807, 2.05) is 60.7 Å². The minimum absolute atomic E-state index is 0. The van der Waals surface area contributed by atoms with Crippen molar-refractivity contribution in [1.82, 2.24) is 0 Å². The molecular formula is C12H10I3O2V-5. The molecule has 0 bridgehead atoms. The molecule has 0 aliphatic rings. The molecular weight excluding hydrogens is 608 g/mol. The van der Waals surface area contributed by atoms with Gasteiger partial charge in [0.05, 0.1) is 0 Å². The van der Waals surface area contributed by atoms with Crippen molar-refractivity contribution in [3.05, 3.63) is 60.7 Å². The Labute approximate surface area is 164 Å². The molecule has 0 radical (unpaired) electrons. The third-order valence-electron chi connectivity index (χ3n) is 1.20. The predicted octanol–water partition coefficient (Wildman–Crippen LogP) is -6.97. The van der Waals surface area contributed by atoms with E-state index in [1.54, 1.807) is 0 Å². The molecule has 0 saturated heterocycles. The molecule has 2 nitrogen and oxygen atoms in total. The van der Waals surface area contributed by atoms with Gasteiger partial charge in [0, 0.05) is 0 Å². The van der Waals surface area contributed by atoms with Crippen LogP contribution < -0.4 is 71.9 Å². The summed E-state index contributed by atoms with van der Waals surface area (Å²) in [6.07, 6.45) is 0. The van der Waals surface area contributed by atoms with E-state index in [0.29, 0.717) is 0 Å². The first-order valence-electron chi connectivity index (χ1n) is 4.19. The van der Waals surface area contributed by atoms with Gasteiger partial charge >= 0.3 is 34.2 Å². The van der Waals surface area contributed by atoms with Crippen molar-refractivity contribution in [2.24, 2.45) is 0 Å². The van der Waals surface area contributed by atoms with Crippen molar-refractivity contribution in [2.45, 2.75) is 0 Å². The summed E-state index contributed by atoms with van der Waals surface area (Å²) >= 11 is -0.868. The smallest absolute Gasteiger partial charge is 0.172 e. The van der Waals surface area contributed by atoms with Crippen molar-refractivity contribution in [2.75, 3.05) is 0 Å². The Morgan fingerprint density at radius 1 is 0.667 bits per heavy atom. The molecule has 0 N–H and O–H groups in total. The molecule has 2 aromatic carbocycles. The molecule has 2 aromatic rings. The molecule has 0 aliphatic carbocycles. The summed E-state index contributed by atoms with van der Waals surface area (Å²) in [5.41, 5.74) is 0. The molecule has 0 saturated carbocycles. The van der Waals surface area contributed by atoms with E-state index < -0.39 is 15.4 Å². The molecule has 0 atom stereocenters. The van der Waals surface area contributed by atoms with Crippen molar-refractivity contribution in [3.63, 3.8) is 0 Å². The number of carbonyl (C=O) groups excluding carboxylic acids is 2. The van der Waals surface area contributed by atoms with Crippen molar-refractivity contribution >= 4 is 9.19 Å². The van der Waals surface area contributed by atoms with Crippen LogP contribution in [0.4, 0.5) is 0 Å². The normalized spacial score (nSPS) is 5.33. The maximum atomic E-state index is 9.06. The molecule has 0 heterocycles. The van der Waals surface area contributed by atoms with Gasteiger partial charge in [-0.1, -0.05) is 0 Å². The third kappa shape index (κ3) is 25.5. The fourth-order valence-electron chi connectivity index (χ4n) is 0.660. The van der Waals surface area contributed by atoms with Crippen molar-refractivity contribution in [3.8, 4) is 0 Å². The van der Waals surface area contributed by atoms with Crippen LogP contribution in [0.5, 0.6) is 0 Å². The topological polar surface area (TPSA) is 34.1 Å². The van der Waals surface area contributed by atoms with Gasteiger partial charge in [0.25, 0.3) is 0 Å². The van der Waals surface area contributed by atoms with E-state index in [1.165, 1.54) is 9.19 Å². The van der Waals surface area contributed by atoms with E-state index in [4.69, 9.17) is 9.59 Å². The van der Waals surface area contributed by atoms with Gasteiger partial charge in [-0.15, -0.1) is 0 Å². The SMILES string of the molecule is O=[C]=[V]=[C]=O.[I-].[I-].[I-].c1cc[cH-]c1.c1cc[cH-]c1. The molecule has 6 heteroatoms. The zero-order chi connectivity index (χ0) is 11.2. The van der Waals surface area contributed by atoms with E-state index in [-0.39, 0.29) is 71.9 Å². The van der Waals surface area contributed by atoms with Crippen LogP contribution in [0.2, 0.25) is 0 Å². The minimum Gasteiger partial charge on any atom is -1.00 e. The number of hydrogen-bond donors (Lipinski definition) is 0. The van der Waals surface area contributed by atoms with Gasteiger partial charge in [-0.3, -0.25) is 0 Å². The predicted molar refractivity (Wildman–Crippen MR) is 55.5 cm³/mol. The summed E-state index contributed by atoms with van der Waals surface area (Å²) < 4.78 is 2.88. The second kappa shape index (κ2) is 26.2. The molecule has 0 spiro atoms. The largest absolute Gasteiger partial charge is 1.00 e. The van der Waals surface area contributed by atoms with E-state index in [2.05, 4.69) is 0 Å². The van der Waals surface area contributed by atoms with Crippen LogP contribution in [0.25, 0.3) is 0 Å². The Hall–Kier alpha value is 0.634. The van der Waals surface area contributed by atoms with Crippen LogP contribution in [-0.4, -0.2) is 9.19 Å². The number of rotatable bonds is 0. The van der Waals surface area contributed by atoms with E-state index >= 15 is 0 Å². The summed E-state index contributed by atoms with van der Waals surface area (Å²) in [5, 5.41) is 0. The first kappa shape index (κ1) is 27.1. The van der Waals surface area contributed by atoms with Gasteiger partial charge in [0.15, 0.2) is 0 Å². The monoisotopic (exact) mass is 618 g/mol. The summed E-state index contributed by atoms with van der Waals surface area (Å²) in [4.78, 5) is 18.1. The second-order valence-electron chi connectivity index (χ2n) is 2.22. The van der Waals surface area contributed by atoms with E-state index in [9.17, 15) is 0 Å². The Kier molecular flexibility index (Phi) is 39.5. The maximum Gasteiger partial charge on any atom is -0.172 e. The quantitative estimate of drug-likeness (QED) is 0.218. The number of halogens is 3. The summed E-state index contributed by atoms with van der Waals surface area (Å²) in [7, 11) is 0. The Bertz CT molecular complexity index is 337. The first-order valence-corrected chi connectivity index (χ1v) is 5.59. The van der Waals surface area contributed by atoms with Crippen LogP contribution in [0.15, 0.2) is 60.7 Å². The standard InChI is InChI=1S/2C5H5.2CO.3HI.V/c2*1-2-4-5-3-1;2*1-2;;;;/h2*1-5H;;;3*1H;/q2*-1;;;;;;/p-3. The Morgan fingerprint density at radius 2 is 0.944 bits per heavy atom. The van der Waals surface area contributed by atoms with Crippen LogP contribution in [-0.2, 0) is 25.0 Å². The molecule has 101 valence electrons. The third-order valence-corrected chi connectivity index (χ3v) is 1.49. The summed E-state index contributed by atoms with van der Waals surface area (Å²) in [5.74, 6) is 0. The fourth-order valence-corrected chi connectivity index (χ4v) is 0.718. The van der Waals surface area contributed by atoms with Crippen molar-refractivity contribution in [1.29, 1.82) is 0 Å². The van der Waals surface area contributed by atoms with Crippen LogP contribution >= 0.6 is 0 Å². The number of hydrogen-bond acceptors (Lipinski definition) is 2. The zero-order valence-electron chi connectivity index (χ0n) is 9.17. The van der Waals surface area contributed by atoms with Crippen LogP contribution in [0, 0.1) is 0 Å². The molecule has 2 rings (SSSR count). The van der Waals surface area contributed by atoms with Gasteiger partial charge < -0.3 is 71.9 Å². The fraction of sp³-hybridized carbons (Fsp3) is 0. The van der Waals surface area contributed by atoms with Gasteiger partial charge in [0.2, 0.25) is 0 Å². The molecule has 18 heavy (non-hydrogen) atoms. The first-order chi connectivity index (χ1) is 7.41. The Morgan fingerprint density at radius 3 is 1.00 bits per heavy atom. The van der Waals surface area contributed by atoms with Gasteiger partial charge in [0.1, 0.15) is 0 Å². The maximum absolute atomic E-state index is 9.06. The van der Waals surface area contributed by atoms with E-state index in [0.717, 1.165) is 0 Å². The van der Waals surface area contributed by atoms with Crippen LogP contribution in [0.3, 0.4) is 0 Å². The molecule has 0 unspecified atom stereocenters. The molecule has 0 amide bonds. The van der Waals surface area contributed by atoms with Gasteiger partial charge in [-0.05, 0) is 0 Å². The van der Waals surface area contributed by atoms with Gasteiger partial charge in [-0.2, -0.15) is 36.4 Å². The minimum atomic E-state index is -0.868. The average Bonchev–Trinajstić information content (AvgIpc) is 2.99. The zero-order valence-corrected chi connectivity index (χ0v) is 17.0. The van der Waals surface area contributed by atoms with Crippen molar-refractivity contribution < 1.29 is 96.9 Å². The Balaban J connectivity index is -0.0000000754. The second-order valence-corrected chi connectivity index (χ2v) is 3.14. The molecule has 0 fully saturated rings. The average molecular weight is 618 g/mol.